The van der Waals surface area contributed by atoms with Crippen molar-refractivity contribution in [2.45, 2.75) is 9.79 Å². The Morgan fingerprint density at radius 1 is 0.800 bits per heavy atom. The number of benzene rings is 2. The number of hydrogen-bond donors (Lipinski definition) is 4. The summed E-state index contributed by atoms with van der Waals surface area (Å²) in [7, 11) is -1.87. The molecule has 2 aromatic rings. The summed E-state index contributed by atoms with van der Waals surface area (Å²) < 4.78 is 12.5. The second-order valence-corrected chi connectivity index (χ2v) is 5.29. The molecule has 2 aromatic carbocycles. The Hall–Kier alpha value is -1.65. The largest absolute Gasteiger partial charge is 0.595 e. The summed E-state index contributed by atoms with van der Waals surface area (Å²) in [4.78, 5) is 0.155. The Bertz CT molecular complexity index is 579. The third-order valence-corrected chi connectivity index (χ3v) is 4.15. The number of rotatable bonds is 4. The van der Waals surface area contributed by atoms with Crippen LogP contribution in [0, 0.1) is 10.4 Å². The second kappa shape index (κ2) is 6.20. The predicted molar refractivity (Wildman–Crippen MR) is 69.1 cm³/mol. The molecule has 2 unspecified atom stereocenters. The van der Waals surface area contributed by atoms with Crippen molar-refractivity contribution in [3.8, 4) is 0 Å². The lowest BCUT2D eigenvalue weighted by Gasteiger charge is -2.17. The quantitative estimate of drug-likeness (QED) is 0.577. The highest BCUT2D eigenvalue weighted by molar-refractivity contribution is 7.85. The van der Waals surface area contributed by atoms with Crippen molar-refractivity contribution >= 4 is 22.2 Å². The molecule has 2 atom stereocenters. The molecule has 0 radical (unpaired) electrons. The fourth-order valence-corrected chi connectivity index (χ4v) is 3.08. The van der Waals surface area contributed by atoms with Gasteiger partial charge in [0.15, 0.2) is 11.4 Å². The Morgan fingerprint density at radius 2 is 1.15 bits per heavy atom. The first-order valence-corrected chi connectivity index (χ1v) is 6.73. The smallest absolute Gasteiger partial charge is 0.180 e. The van der Waals surface area contributed by atoms with Gasteiger partial charge in [-0.2, -0.15) is 10.5 Å². The van der Waals surface area contributed by atoms with Gasteiger partial charge < -0.3 is 10.4 Å². The maximum absolute atomic E-state index is 12.5. The molecule has 8 heteroatoms. The van der Waals surface area contributed by atoms with Gasteiger partial charge in [0.2, 0.25) is 0 Å². The van der Waals surface area contributed by atoms with E-state index in [1.807, 2.05) is 0 Å². The molecule has 0 aliphatic heterocycles. The molecular formula is C12H12N2O5S. The fourth-order valence-electron chi connectivity index (χ4n) is 1.73. The molecule has 0 fully saturated rings. The predicted octanol–water partition coefficient (Wildman–Crippen LogP) is -0.340. The van der Waals surface area contributed by atoms with Crippen LogP contribution in [-0.2, 0) is 10.8 Å². The number of quaternary nitrogens is 2. The van der Waals surface area contributed by atoms with Crippen molar-refractivity contribution in [2.24, 2.45) is 0 Å². The van der Waals surface area contributed by atoms with E-state index in [0.29, 0.717) is 0 Å². The van der Waals surface area contributed by atoms with Crippen LogP contribution in [0.2, 0.25) is 0 Å². The molecule has 0 bridgehead atoms. The Balaban J connectivity index is 2.53. The molecule has 7 nitrogen and oxygen atoms in total. The molecule has 2 rings (SSSR count). The minimum atomic E-state index is -1.87. The molecule has 0 amide bonds. The van der Waals surface area contributed by atoms with Gasteiger partial charge >= 0.3 is 0 Å². The van der Waals surface area contributed by atoms with Crippen molar-refractivity contribution in [2.75, 3.05) is 0 Å². The van der Waals surface area contributed by atoms with Crippen LogP contribution in [0.1, 0.15) is 0 Å². The summed E-state index contributed by atoms with van der Waals surface area (Å²) in [5.74, 6) is 0. The van der Waals surface area contributed by atoms with E-state index < -0.39 is 21.3 Å². The van der Waals surface area contributed by atoms with Crippen LogP contribution in [-0.4, -0.2) is 14.6 Å². The molecule has 106 valence electrons. The minimum absolute atomic E-state index is 0.0775. The van der Waals surface area contributed by atoms with Crippen LogP contribution in [0.4, 0.5) is 11.4 Å². The molecule has 4 N–H and O–H groups in total. The monoisotopic (exact) mass is 296 g/mol. The van der Waals surface area contributed by atoms with Gasteiger partial charge in [-0.1, -0.05) is 24.3 Å². The van der Waals surface area contributed by atoms with Gasteiger partial charge in [-0.3, -0.25) is 0 Å². The molecule has 20 heavy (non-hydrogen) atoms. The second-order valence-electron chi connectivity index (χ2n) is 3.87. The van der Waals surface area contributed by atoms with Crippen molar-refractivity contribution in [3.63, 3.8) is 0 Å². The van der Waals surface area contributed by atoms with Crippen molar-refractivity contribution in [1.29, 1.82) is 0 Å². The summed E-state index contributed by atoms with van der Waals surface area (Å²) in [5, 5.41) is 38.0. The van der Waals surface area contributed by atoms with Gasteiger partial charge in [-0.25, -0.2) is 14.6 Å². The van der Waals surface area contributed by atoms with E-state index in [0.717, 1.165) is 0 Å². The van der Waals surface area contributed by atoms with Gasteiger partial charge in [-0.05, 0) is 12.1 Å². The van der Waals surface area contributed by atoms with Crippen LogP contribution in [0.15, 0.2) is 58.3 Å². The van der Waals surface area contributed by atoms with E-state index in [9.17, 15) is 14.6 Å². The summed E-state index contributed by atoms with van der Waals surface area (Å²) >= 11 is 0. The van der Waals surface area contributed by atoms with E-state index in [4.69, 9.17) is 10.4 Å². The highest BCUT2D eigenvalue weighted by Gasteiger charge is 2.21. The Labute approximate surface area is 116 Å². The van der Waals surface area contributed by atoms with E-state index in [-0.39, 0.29) is 21.2 Å². The lowest BCUT2D eigenvalue weighted by atomic mass is 10.3. The average molecular weight is 296 g/mol. The lowest BCUT2D eigenvalue weighted by molar-refractivity contribution is -0.992. The minimum Gasteiger partial charge on any atom is -0.595 e. The van der Waals surface area contributed by atoms with Gasteiger partial charge in [0.1, 0.15) is 9.79 Å². The van der Waals surface area contributed by atoms with Crippen LogP contribution < -0.4 is 10.5 Å². The number of para-hydroxylation sites is 2. The van der Waals surface area contributed by atoms with E-state index in [1.165, 1.54) is 36.4 Å². The molecule has 0 saturated carbocycles. The first-order chi connectivity index (χ1) is 9.52. The van der Waals surface area contributed by atoms with Crippen LogP contribution in [0.5, 0.6) is 0 Å². The van der Waals surface area contributed by atoms with Crippen molar-refractivity contribution in [1.82, 2.24) is 0 Å². The SMILES string of the molecule is O=S(c1ccccc1[NH+]([O-])O)c1ccccc1[NH+]([O-])O. The molecular weight excluding hydrogens is 284 g/mol. The van der Waals surface area contributed by atoms with Gasteiger partial charge in [-0.15, -0.1) is 0 Å². The Morgan fingerprint density at radius 3 is 1.50 bits per heavy atom. The normalized spacial score (nSPS) is 15.6. The summed E-state index contributed by atoms with van der Waals surface area (Å²) in [5.41, 5.74) is -0.211. The number of hydrogen-bond acceptors (Lipinski definition) is 5. The van der Waals surface area contributed by atoms with Crippen molar-refractivity contribution in [3.05, 3.63) is 58.9 Å². The molecule has 0 spiro atoms. The van der Waals surface area contributed by atoms with Crippen LogP contribution in [0.25, 0.3) is 0 Å². The summed E-state index contributed by atoms with van der Waals surface area (Å²) in [6, 6.07) is 11.7. The maximum Gasteiger partial charge on any atom is 0.180 e. The molecule has 0 aliphatic rings. The molecule has 0 aromatic heterocycles. The topological polar surface area (TPSA) is 113 Å². The summed E-state index contributed by atoms with van der Waals surface area (Å²) in [6.07, 6.45) is 0. The lowest BCUT2D eigenvalue weighted by Crippen LogP contribution is -2.99. The summed E-state index contributed by atoms with van der Waals surface area (Å²) in [6.45, 7) is 0. The fraction of sp³-hybridized carbons (Fsp3) is 0. The zero-order valence-corrected chi connectivity index (χ0v) is 11.0. The highest BCUT2D eigenvalue weighted by atomic mass is 32.2. The average Bonchev–Trinajstić information content (AvgIpc) is 2.46. The van der Waals surface area contributed by atoms with Crippen LogP contribution in [0.3, 0.4) is 0 Å². The highest BCUT2D eigenvalue weighted by Crippen LogP contribution is 2.25. The van der Waals surface area contributed by atoms with E-state index in [1.54, 1.807) is 12.1 Å². The zero-order valence-electron chi connectivity index (χ0n) is 10.1. The Kier molecular flexibility index (Phi) is 4.57. The third kappa shape index (κ3) is 2.92. The molecule has 0 saturated heterocycles. The molecule has 0 heterocycles. The van der Waals surface area contributed by atoms with Crippen LogP contribution >= 0.6 is 0 Å². The number of nitrogens with one attached hydrogen (secondary N) is 2. The first kappa shape index (κ1) is 14.8. The van der Waals surface area contributed by atoms with E-state index in [2.05, 4.69) is 0 Å². The van der Waals surface area contributed by atoms with Gasteiger partial charge in [0.05, 0.1) is 10.8 Å². The van der Waals surface area contributed by atoms with Gasteiger partial charge in [0, 0.05) is 12.1 Å². The molecule has 0 aliphatic carbocycles. The maximum atomic E-state index is 12.5. The standard InChI is InChI=1S/C12H12N2O5S/c15-13(16)9-5-1-3-7-11(9)20(19)12-8-4-2-6-10(12)14(17)18/h1-8,13-15,17H. The van der Waals surface area contributed by atoms with E-state index >= 15 is 0 Å². The van der Waals surface area contributed by atoms with Gasteiger partial charge in [0.25, 0.3) is 0 Å². The first-order valence-electron chi connectivity index (χ1n) is 5.59. The van der Waals surface area contributed by atoms with Crippen molar-refractivity contribution < 1.29 is 25.1 Å². The third-order valence-electron chi connectivity index (χ3n) is 2.63. The zero-order chi connectivity index (χ0) is 14.7.